The standard InChI is InChI=1S/C22H36O5/c1-3-4-5-6-7-8-9-21-10-12-22(13-11-21)27-19-17-25-15-14-24-16-18-26-20(2)23/h10-13H,3-9,14-19H2,1-2H3. The number of benzene rings is 1. The van der Waals surface area contributed by atoms with Crippen LogP contribution in [0.3, 0.4) is 0 Å². The molecular weight excluding hydrogens is 344 g/mol. The van der Waals surface area contributed by atoms with Crippen LogP contribution in [0, 0.1) is 0 Å². The molecule has 154 valence electrons. The van der Waals surface area contributed by atoms with Crippen LogP contribution >= 0.6 is 0 Å². The second-order valence-corrected chi connectivity index (χ2v) is 6.57. The fourth-order valence-corrected chi connectivity index (χ4v) is 2.65. The number of carbonyl (C=O) groups excluding carboxylic acids is 1. The van der Waals surface area contributed by atoms with Crippen LogP contribution in [0.5, 0.6) is 5.75 Å². The minimum Gasteiger partial charge on any atom is -0.491 e. The van der Waals surface area contributed by atoms with Crippen molar-refractivity contribution in [3.63, 3.8) is 0 Å². The van der Waals surface area contributed by atoms with E-state index in [-0.39, 0.29) is 12.6 Å². The molecule has 0 amide bonds. The topological polar surface area (TPSA) is 54.0 Å². The lowest BCUT2D eigenvalue weighted by atomic mass is 10.0. The molecule has 0 bridgehead atoms. The maximum absolute atomic E-state index is 10.6. The van der Waals surface area contributed by atoms with Gasteiger partial charge in [-0.05, 0) is 30.5 Å². The molecule has 5 nitrogen and oxygen atoms in total. The molecule has 0 atom stereocenters. The van der Waals surface area contributed by atoms with Crippen LogP contribution in [0.25, 0.3) is 0 Å². The van der Waals surface area contributed by atoms with Gasteiger partial charge >= 0.3 is 5.97 Å². The molecule has 0 N–H and O–H groups in total. The molecule has 0 aliphatic rings. The van der Waals surface area contributed by atoms with Gasteiger partial charge in [-0.3, -0.25) is 4.79 Å². The van der Waals surface area contributed by atoms with Gasteiger partial charge in [0.05, 0.1) is 26.4 Å². The lowest BCUT2D eigenvalue weighted by Crippen LogP contribution is -2.13. The van der Waals surface area contributed by atoms with Crippen molar-refractivity contribution in [3.05, 3.63) is 29.8 Å². The van der Waals surface area contributed by atoms with Gasteiger partial charge in [-0.15, -0.1) is 0 Å². The van der Waals surface area contributed by atoms with E-state index < -0.39 is 0 Å². The molecule has 0 aliphatic heterocycles. The molecule has 0 unspecified atom stereocenters. The Morgan fingerprint density at radius 1 is 0.778 bits per heavy atom. The average molecular weight is 381 g/mol. The van der Waals surface area contributed by atoms with E-state index in [0.717, 1.165) is 12.2 Å². The summed E-state index contributed by atoms with van der Waals surface area (Å²) < 4.78 is 21.2. The molecule has 0 radical (unpaired) electrons. The molecule has 0 saturated carbocycles. The maximum atomic E-state index is 10.6. The van der Waals surface area contributed by atoms with Gasteiger partial charge in [-0.1, -0.05) is 51.2 Å². The Labute approximate surface area is 164 Å². The molecule has 27 heavy (non-hydrogen) atoms. The van der Waals surface area contributed by atoms with Gasteiger partial charge in [-0.2, -0.15) is 0 Å². The summed E-state index contributed by atoms with van der Waals surface area (Å²) in [6.07, 6.45) is 9.12. The minimum atomic E-state index is -0.289. The highest BCUT2D eigenvalue weighted by molar-refractivity contribution is 5.65. The predicted octanol–water partition coefficient (Wildman–Crippen LogP) is 4.56. The summed E-state index contributed by atoms with van der Waals surface area (Å²) in [7, 11) is 0. The SMILES string of the molecule is CCCCCCCCc1ccc(OCCOCCOCCOC(C)=O)cc1. The fraction of sp³-hybridized carbons (Fsp3) is 0.682. The smallest absolute Gasteiger partial charge is 0.302 e. The Morgan fingerprint density at radius 2 is 1.37 bits per heavy atom. The Kier molecular flexibility index (Phi) is 14.4. The van der Waals surface area contributed by atoms with Crippen LogP contribution < -0.4 is 4.74 Å². The summed E-state index contributed by atoms with van der Waals surface area (Å²) in [4.78, 5) is 10.6. The van der Waals surface area contributed by atoms with E-state index in [0.29, 0.717) is 33.0 Å². The molecule has 0 heterocycles. The first-order valence-electron chi connectivity index (χ1n) is 10.2. The molecular formula is C22H36O5. The number of hydrogen-bond acceptors (Lipinski definition) is 5. The largest absolute Gasteiger partial charge is 0.491 e. The van der Waals surface area contributed by atoms with E-state index in [4.69, 9.17) is 18.9 Å². The average Bonchev–Trinajstić information content (AvgIpc) is 2.67. The van der Waals surface area contributed by atoms with Crippen molar-refractivity contribution < 1.29 is 23.7 Å². The van der Waals surface area contributed by atoms with Crippen molar-refractivity contribution in [3.8, 4) is 5.75 Å². The van der Waals surface area contributed by atoms with Crippen molar-refractivity contribution >= 4 is 5.97 Å². The summed E-state index contributed by atoms with van der Waals surface area (Å²) in [5.41, 5.74) is 1.37. The van der Waals surface area contributed by atoms with Gasteiger partial charge in [0, 0.05) is 6.92 Å². The highest BCUT2D eigenvalue weighted by Gasteiger charge is 1.98. The van der Waals surface area contributed by atoms with Crippen LogP contribution in [0.15, 0.2) is 24.3 Å². The van der Waals surface area contributed by atoms with E-state index in [9.17, 15) is 4.79 Å². The van der Waals surface area contributed by atoms with Crippen LogP contribution in [0.2, 0.25) is 0 Å². The second-order valence-electron chi connectivity index (χ2n) is 6.57. The summed E-state index contributed by atoms with van der Waals surface area (Å²) in [5, 5.41) is 0. The van der Waals surface area contributed by atoms with Crippen LogP contribution in [0.1, 0.15) is 57.9 Å². The number of ether oxygens (including phenoxy) is 4. The molecule has 1 rings (SSSR count). The fourth-order valence-electron chi connectivity index (χ4n) is 2.65. The number of hydrogen-bond donors (Lipinski definition) is 0. The van der Waals surface area contributed by atoms with Crippen molar-refractivity contribution in [1.29, 1.82) is 0 Å². The molecule has 0 spiro atoms. The predicted molar refractivity (Wildman–Crippen MR) is 107 cm³/mol. The quantitative estimate of drug-likeness (QED) is 0.293. The first-order valence-corrected chi connectivity index (χ1v) is 10.2. The van der Waals surface area contributed by atoms with Gasteiger partial charge in [0.2, 0.25) is 0 Å². The van der Waals surface area contributed by atoms with Crippen molar-refractivity contribution in [2.75, 3.05) is 39.6 Å². The van der Waals surface area contributed by atoms with Crippen LogP contribution in [-0.4, -0.2) is 45.6 Å². The first kappa shape index (κ1) is 23.4. The van der Waals surface area contributed by atoms with Gasteiger partial charge in [0.25, 0.3) is 0 Å². The number of carbonyl (C=O) groups is 1. The third-order valence-electron chi connectivity index (χ3n) is 4.14. The van der Waals surface area contributed by atoms with Gasteiger partial charge in [0.1, 0.15) is 19.0 Å². The zero-order chi connectivity index (χ0) is 19.6. The third kappa shape index (κ3) is 14.2. The van der Waals surface area contributed by atoms with E-state index in [2.05, 4.69) is 19.1 Å². The summed E-state index contributed by atoms with van der Waals surface area (Å²) in [6.45, 7) is 6.33. The summed E-state index contributed by atoms with van der Waals surface area (Å²) in [5.74, 6) is 0.588. The Morgan fingerprint density at radius 3 is 2.04 bits per heavy atom. The highest BCUT2D eigenvalue weighted by Crippen LogP contribution is 2.15. The number of unbranched alkanes of at least 4 members (excludes halogenated alkanes) is 5. The van der Waals surface area contributed by atoms with E-state index >= 15 is 0 Å². The molecule has 0 aromatic heterocycles. The normalized spacial score (nSPS) is 10.7. The maximum Gasteiger partial charge on any atom is 0.302 e. The number of aryl methyl sites for hydroxylation is 1. The van der Waals surface area contributed by atoms with Crippen LogP contribution in [0.4, 0.5) is 0 Å². The molecule has 0 fully saturated rings. The van der Waals surface area contributed by atoms with Gasteiger partial charge in [0.15, 0.2) is 0 Å². The summed E-state index contributed by atoms with van der Waals surface area (Å²) >= 11 is 0. The monoisotopic (exact) mass is 380 g/mol. The Bertz CT molecular complexity index is 472. The number of esters is 1. The van der Waals surface area contributed by atoms with E-state index in [1.165, 1.54) is 51.0 Å². The first-order chi connectivity index (χ1) is 13.2. The lowest BCUT2D eigenvalue weighted by Gasteiger charge is -2.09. The molecule has 0 saturated heterocycles. The molecule has 5 heteroatoms. The molecule has 1 aromatic rings. The minimum absolute atomic E-state index is 0.285. The lowest BCUT2D eigenvalue weighted by molar-refractivity contribution is -0.142. The Hall–Kier alpha value is -1.59. The van der Waals surface area contributed by atoms with Crippen molar-refractivity contribution in [1.82, 2.24) is 0 Å². The summed E-state index contributed by atoms with van der Waals surface area (Å²) in [6, 6.07) is 8.37. The van der Waals surface area contributed by atoms with Crippen molar-refractivity contribution in [2.45, 2.75) is 58.8 Å². The molecule has 1 aromatic carbocycles. The van der Waals surface area contributed by atoms with Crippen molar-refractivity contribution in [2.24, 2.45) is 0 Å². The van der Waals surface area contributed by atoms with E-state index in [1.807, 2.05) is 12.1 Å². The second kappa shape index (κ2) is 16.6. The van der Waals surface area contributed by atoms with Gasteiger partial charge < -0.3 is 18.9 Å². The van der Waals surface area contributed by atoms with E-state index in [1.54, 1.807) is 0 Å². The molecule has 0 aliphatic carbocycles. The zero-order valence-electron chi connectivity index (χ0n) is 17.0. The highest BCUT2D eigenvalue weighted by atomic mass is 16.6. The van der Waals surface area contributed by atoms with Crippen LogP contribution in [-0.2, 0) is 25.4 Å². The third-order valence-corrected chi connectivity index (χ3v) is 4.14. The Balaban J connectivity index is 1.96. The van der Waals surface area contributed by atoms with Gasteiger partial charge in [-0.25, -0.2) is 0 Å². The number of rotatable bonds is 17. The zero-order valence-corrected chi connectivity index (χ0v) is 17.0.